The Balaban J connectivity index is 1.03. The van der Waals surface area contributed by atoms with Crippen LogP contribution in [0.1, 0.15) is 86.7 Å². The summed E-state index contributed by atoms with van der Waals surface area (Å²) in [7, 11) is 0. The van der Waals surface area contributed by atoms with Crippen LogP contribution in [0.3, 0.4) is 0 Å². The van der Waals surface area contributed by atoms with Gasteiger partial charge in [-0.1, -0.05) is 74.8 Å². The van der Waals surface area contributed by atoms with Gasteiger partial charge < -0.3 is 57.9 Å². The maximum atomic E-state index is 14.4. The first-order valence-corrected chi connectivity index (χ1v) is 29.0. The highest BCUT2D eigenvalue weighted by atomic mass is 35.5. The molecule has 1 unspecified atom stereocenters. The molecule has 82 heavy (non-hydrogen) atoms. The number of rotatable bonds is 9. The molecule has 1 aromatic heterocycles. The normalized spacial score (nSPS) is 23.4. The highest BCUT2D eigenvalue weighted by Crippen LogP contribution is 2.41. The van der Waals surface area contributed by atoms with Crippen LogP contribution >= 0.6 is 34.7 Å². The number of primary amides is 1. The van der Waals surface area contributed by atoms with E-state index in [4.69, 9.17) is 17.3 Å². The van der Waals surface area contributed by atoms with Gasteiger partial charge in [-0.3, -0.25) is 43.2 Å². The summed E-state index contributed by atoms with van der Waals surface area (Å²) in [6.07, 6.45) is -0.669. The molecule has 0 bridgehead atoms. The third kappa shape index (κ3) is 14.4. The number of nitrogens with one attached hydrogen (secondary N) is 7. The molecule has 8 rings (SSSR count). The minimum atomic E-state index is -1.56. The first-order valence-electron chi connectivity index (χ1n) is 26.6. The number of nitrogens with zero attached hydrogens (tertiary/aromatic N) is 3. The van der Waals surface area contributed by atoms with Gasteiger partial charge in [0.15, 0.2) is 0 Å². The molecule has 3 aliphatic heterocycles. The molecule has 21 nitrogen and oxygen atoms in total. The lowest BCUT2D eigenvalue weighted by molar-refractivity contribution is -0.144. The van der Waals surface area contributed by atoms with E-state index in [2.05, 4.69) is 42.2 Å². The Morgan fingerprint density at radius 3 is 2.16 bits per heavy atom. The monoisotopic (exact) mass is 1180 g/mol. The summed E-state index contributed by atoms with van der Waals surface area (Å²) in [6, 6.07) is 19.5. The number of carbonyl (C=O) groups excluding carboxylic acids is 9. The summed E-state index contributed by atoms with van der Waals surface area (Å²) in [5.41, 5.74) is 12.7. The van der Waals surface area contributed by atoms with Gasteiger partial charge in [0.25, 0.3) is 5.91 Å². The van der Waals surface area contributed by atoms with Crippen molar-refractivity contribution in [2.45, 2.75) is 103 Å². The molecule has 0 spiro atoms. The van der Waals surface area contributed by atoms with Crippen LogP contribution in [-0.2, 0) is 38.4 Å². The number of halogens is 1. The van der Waals surface area contributed by atoms with Crippen molar-refractivity contribution in [3.63, 3.8) is 0 Å². The van der Waals surface area contributed by atoms with Gasteiger partial charge in [-0.2, -0.15) is 0 Å². The molecular weight excluding hydrogens is 1110 g/mol. The first kappa shape index (κ1) is 60.2. The second kappa shape index (κ2) is 25.9. The molecule has 432 valence electrons. The average molecular weight is 1180 g/mol. The second-order valence-electron chi connectivity index (χ2n) is 21.6. The van der Waals surface area contributed by atoms with Crippen molar-refractivity contribution in [1.82, 2.24) is 41.8 Å². The molecule has 4 aromatic carbocycles. The molecular formula is C58H66ClN11O10S2. The highest BCUT2D eigenvalue weighted by molar-refractivity contribution is 8.00. The molecule has 2 saturated heterocycles. The number of amides is 9. The quantitative estimate of drug-likeness (QED) is 0.100. The predicted molar refractivity (Wildman–Crippen MR) is 313 cm³/mol. The summed E-state index contributed by atoms with van der Waals surface area (Å²) < 4.78 is 0. The Hall–Kier alpha value is -7.86. The van der Waals surface area contributed by atoms with Crippen molar-refractivity contribution in [3.05, 3.63) is 124 Å². The molecule has 0 saturated carbocycles. The lowest BCUT2D eigenvalue weighted by Crippen LogP contribution is -2.58. The van der Waals surface area contributed by atoms with E-state index in [1.54, 1.807) is 91.8 Å². The van der Waals surface area contributed by atoms with E-state index in [1.165, 1.54) is 23.2 Å². The summed E-state index contributed by atoms with van der Waals surface area (Å²) in [5, 5.41) is 30.8. The van der Waals surface area contributed by atoms with Crippen LogP contribution < -0.4 is 47.9 Å². The van der Waals surface area contributed by atoms with E-state index in [9.17, 15) is 48.3 Å². The van der Waals surface area contributed by atoms with Crippen molar-refractivity contribution in [3.8, 4) is 21.6 Å². The number of aliphatic hydroxyl groups excluding tert-OH is 1. The third-order valence-electron chi connectivity index (χ3n) is 14.5. The van der Waals surface area contributed by atoms with Crippen LogP contribution in [0.4, 0.5) is 11.4 Å². The van der Waals surface area contributed by atoms with Crippen LogP contribution in [0.5, 0.6) is 0 Å². The zero-order chi connectivity index (χ0) is 59.2. The summed E-state index contributed by atoms with van der Waals surface area (Å²) in [6.45, 7) is 9.05. The molecule has 3 aliphatic rings. The number of nitrogens with two attached hydrogens (primary N) is 1. The number of thiazole rings is 1. The van der Waals surface area contributed by atoms with Crippen LogP contribution in [0, 0.1) is 12.3 Å². The maximum absolute atomic E-state index is 14.4. The molecule has 8 atom stereocenters. The molecule has 9 amide bonds. The van der Waals surface area contributed by atoms with Gasteiger partial charge in [0.2, 0.25) is 47.3 Å². The Labute approximate surface area is 487 Å². The fourth-order valence-electron chi connectivity index (χ4n) is 10.2. The fourth-order valence-corrected chi connectivity index (χ4v) is 12.1. The van der Waals surface area contributed by atoms with E-state index in [0.717, 1.165) is 56.0 Å². The number of hydrogen-bond acceptors (Lipinski definition) is 14. The van der Waals surface area contributed by atoms with E-state index >= 15 is 0 Å². The summed E-state index contributed by atoms with van der Waals surface area (Å²) >= 11 is 8.50. The van der Waals surface area contributed by atoms with Crippen molar-refractivity contribution < 1.29 is 48.3 Å². The number of aromatic nitrogens is 1. The number of fused-ring (bicyclic) bond motifs is 2. The van der Waals surface area contributed by atoms with Gasteiger partial charge in [-0.15, -0.1) is 23.1 Å². The summed E-state index contributed by atoms with van der Waals surface area (Å²) in [4.78, 5) is 132. The topological polar surface area (TPSA) is 303 Å². The van der Waals surface area contributed by atoms with Gasteiger partial charge >= 0.3 is 0 Å². The average Bonchev–Trinajstić information content (AvgIpc) is 4.03. The molecule has 2 fully saturated rings. The van der Waals surface area contributed by atoms with Gasteiger partial charge in [0.05, 0.1) is 40.5 Å². The molecule has 5 aromatic rings. The highest BCUT2D eigenvalue weighted by Gasteiger charge is 2.45. The predicted octanol–water partition coefficient (Wildman–Crippen LogP) is 4.14. The lowest BCUT2D eigenvalue weighted by Gasteiger charge is -2.39. The zero-order valence-corrected chi connectivity index (χ0v) is 48.4. The maximum Gasteiger partial charge on any atom is 0.251 e. The van der Waals surface area contributed by atoms with Gasteiger partial charge in [-0.25, -0.2) is 4.98 Å². The fraction of sp³-hybridized carbons (Fsp3) is 0.379. The molecule has 10 N–H and O–H groups in total. The van der Waals surface area contributed by atoms with Crippen molar-refractivity contribution in [1.29, 1.82) is 0 Å². The Kier molecular flexibility index (Phi) is 19.1. The lowest BCUT2D eigenvalue weighted by atomic mass is 9.85. The number of thioether (sulfide) groups is 1. The number of anilines is 2. The first-order chi connectivity index (χ1) is 38.9. The molecule has 0 radical (unpaired) electrons. The van der Waals surface area contributed by atoms with Crippen LogP contribution in [0.15, 0.2) is 96.5 Å². The molecule has 24 heteroatoms. The van der Waals surface area contributed by atoms with E-state index in [0.29, 0.717) is 17.0 Å². The summed E-state index contributed by atoms with van der Waals surface area (Å²) in [5.74, 6) is -6.97. The largest absolute Gasteiger partial charge is 0.391 e. The second-order valence-corrected chi connectivity index (χ2v) is 24.0. The zero-order valence-electron chi connectivity index (χ0n) is 46.0. The Bertz CT molecular complexity index is 3250. The van der Waals surface area contributed by atoms with Gasteiger partial charge in [0.1, 0.15) is 30.2 Å². The van der Waals surface area contributed by atoms with Gasteiger partial charge in [-0.05, 0) is 102 Å². The molecule has 0 aliphatic carbocycles. The Morgan fingerprint density at radius 2 is 1.51 bits per heavy atom. The number of carbonyl (C=O) groups is 9. The van der Waals surface area contributed by atoms with E-state index in [1.807, 2.05) is 44.2 Å². The number of aliphatic hydroxyl groups is 1. The minimum absolute atomic E-state index is 0.0864. The van der Waals surface area contributed by atoms with Crippen molar-refractivity contribution in [2.75, 3.05) is 41.4 Å². The van der Waals surface area contributed by atoms with Crippen molar-refractivity contribution >= 4 is 99.2 Å². The Morgan fingerprint density at radius 1 is 0.829 bits per heavy atom. The SMILES string of the molecule is CC(=O)N1c2ccc(-c3ccc(C(=O)NC[C@H]4NC(=O)CNC(=O)[C@@H](c5ccc(-c6scnc6C)cc5)NC(=O)[C@@H]5C[C@@H](O)CN5C(=O)C(C(C)(C)C)NC(=O)CSC[C@H](C(N)=O)NC4=O)cc3)cc2[C@H](Nc2ccc(Cl)cc2)C[C@@H]1C. The van der Waals surface area contributed by atoms with E-state index < -0.39 is 102 Å². The smallest absolute Gasteiger partial charge is 0.251 e. The van der Waals surface area contributed by atoms with Crippen LogP contribution in [0.2, 0.25) is 5.02 Å². The van der Waals surface area contributed by atoms with Crippen LogP contribution in [-0.4, -0.2) is 136 Å². The third-order valence-corrected chi connectivity index (χ3v) is 16.8. The van der Waals surface area contributed by atoms with E-state index in [-0.39, 0.29) is 48.0 Å². The number of hydrogen-bond donors (Lipinski definition) is 9. The minimum Gasteiger partial charge on any atom is -0.391 e. The number of aryl methyl sites for hydroxylation is 1. The van der Waals surface area contributed by atoms with Gasteiger partial charge in [0, 0.05) is 60.2 Å². The van der Waals surface area contributed by atoms with Crippen molar-refractivity contribution in [2.24, 2.45) is 11.1 Å². The standard InChI is InChI=1S/C58H66ClN11O10S2/c1-30-21-42(64-39-18-16-38(59)17-19-39)41-22-37(15-20-45(41)70(30)32(3)71)33-7-13-36(14-8-33)53(76)61-24-43-54(77)66-44(52(60)75)27-81-28-48(74)67-51(58(4,5)6)57(80)69-26-40(72)23-46(69)55(78)68-49(56(79)62-25-47(73)65-43)34-9-11-35(12-10-34)50-31(2)63-29-82-50/h7-20,22,29-30,40,42-44,46,49,51,64,72H,21,23-28H2,1-6H3,(H2,60,75)(H,61,76)(H,62,79)(H,65,73)(H,66,77)(H,67,74)(H,68,78)/t30-,40+,42+,43+,44+,46-,49+,51?/m0/s1. The number of benzene rings is 4. The van der Waals surface area contributed by atoms with Crippen LogP contribution in [0.25, 0.3) is 21.6 Å². The molecule has 4 heterocycles.